The first-order chi connectivity index (χ1) is 15.3. The molecule has 0 unspecified atom stereocenters. The highest BCUT2D eigenvalue weighted by Crippen LogP contribution is 2.32. The average molecular weight is 436 g/mol. The summed E-state index contributed by atoms with van der Waals surface area (Å²) in [4.78, 5) is 19.7. The number of benzene rings is 1. The zero-order valence-electron chi connectivity index (χ0n) is 17.8. The molecule has 3 heterocycles. The smallest absolute Gasteiger partial charge is 0.272 e. The standard InChI is InChI=1S/C24H29N5OS/c30-24(26-15-22-25-11-14-31-22)23-20-17-28(12-4-7-18-5-2-1-3-6-18)13-10-21(20)29(27-23)16-19-8-9-19/h1-3,5-6,11,14,19H,4,7-10,12-13,15-17H2,(H,26,30). The highest BCUT2D eigenvalue weighted by Gasteiger charge is 2.30. The van der Waals surface area contributed by atoms with Crippen molar-refractivity contribution in [2.45, 2.75) is 51.7 Å². The molecule has 3 aromatic rings. The van der Waals surface area contributed by atoms with Crippen LogP contribution in [0.5, 0.6) is 0 Å². The summed E-state index contributed by atoms with van der Waals surface area (Å²) in [5.41, 5.74) is 4.40. The van der Waals surface area contributed by atoms with Crippen LogP contribution in [0.2, 0.25) is 0 Å². The Bertz CT molecular complexity index is 1010. The van der Waals surface area contributed by atoms with Gasteiger partial charge in [0.1, 0.15) is 5.01 Å². The van der Waals surface area contributed by atoms with Crippen molar-refractivity contribution in [1.29, 1.82) is 0 Å². The topological polar surface area (TPSA) is 63.1 Å². The third-order valence-electron chi connectivity index (χ3n) is 6.22. The fourth-order valence-corrected chi connectivity index (χ4v) is 4.90. The van der Waals surface area contributed by atoms with Crippen LogP contribution in [-0.4, -0.2) is 38.7 Å². The van der Waals surface area contributed by atoms with Gasteiger partial charge in [-0.2, -0.15) is 5.10 Å². The molecule has 0 bridgehead atoms. The van der Waals surface area contributed by atoms with Gasteiger partial charge in [-0.15, -0.1) is 11.3 Å². The molecular formula is C24H29N5OS. The number of fused-ring (bicyclic) bond motifs is 1. The van der Waals surface area contributed by atoms with E-state index in [1.165, 1.54) is 24.1 Å². The lowest BCUT2D eigenvalue weighted by Gasteiger charge is -2.27. The van der Waals surface area contributed by atoms with Gasteiger partial charge in [0.15, 0.2) is 5.69 Å². The highest BCUT2D eigenvalue weighted by molar-refractivity contribution is 7.09. The average Bonchev–Trinajstić information content (AvgIpc) is 3.32. The molecule has 1 amide bonds. The van der Waals surface area contributed by atoms with Crippen LogP contribution in [0.3, 0.4) is 0 Å². The Morgan fingerprint density at radius 3 is 2.87 bits per heavy atom. The summed E-state index contributed by atoms with van der Waals surface area (Å²) >= 11 is 1.56. The van der Waals surface area contributed by atoms with E-state index in [0.717, 1.165) is 61.9 Å². The second-order valence-electron chi connectivity index (χ2n) is 8.62. The van der Waals surface area contributed by atoms with E-state index in [1.807, 2.05) is 5.38 Å². The molecule has 2 aromatic heterocycles. The molecule has 0 atom stereocenters. The third kappa shape index (κ3) is 5.05. The van der Waals surface area contributed by atoms with E-state index in [4.69, 9.17) is 5.10 Å². The minimum absolute atomic E-state index is 0.0767. The van der Waals surface area contributed by atoms with Crippen LogP contribution in [-0.2, 0) is 32.5 Å². The number of rotatable bonds is 9. The lowest BCUT2D eigenvalue weighted by molar-refractivity contribution is 0.0942. The molecule has 1 fully saturated rings. The number of amides is 1. The summed E-state index contributed by atoms with van der Waals surface area (Å²) in [6.07, 6.45) is 7.52. The number of carbonyl (C=O) groups excluding carboxylic acids is 1. The van der Waals surface area contributed by atoms with Crippen molar-refractivity contribution in [2.24, 2.45) is 5.92 Å². The van der Waals surface area contributed by atoms with Crippen LogP contribution >= 0.6 is 11.3 Å². The molecule has 1 aliphatic heterocycles. The van der Waals surface area contributed by atoms with Gasteiger partial charge in [0.05, 0.1) is 6.54 Å². The lowest BCUT2D eigenvalue weighted by Crippen LogP contribution is -2.33. The minimum atomic E-state index is -0.0767. The summed E-state index contributed by atoms with van der Waals surface area (Å²) in [6.45, 7) is 4.31. The van der Waals surface area contributed by atoms with E-state index in [1.54, 1.807) is 17.5 Å². The van der Waals surface area contributed by atoms with E-state index in [0.29, 0.717) is 12.2 Å². The van der Waals surface area contributed by atoms with Gasteiger partial charge in [0, 0.05) is 48.9 Å². The van der Waals surface area contributed by atoms with E-state index >= 15 is 0 Å². The predicted molar refractivity (Wildman–Crippen MR) is 122 cm³/mol. The van der Waals surface area contributed by atoms with Crippen LogP contribution < -0.4 is 5.32 Å². The Labute approximate surface area is 187 Å². The maximum atomic E-state index is 13.0. The second-order valence-corrected chi connectivity index (χ2v) is 9.60. The van der Waals surface area contributed by atoms with Gasteiger partial charge in [-0.05, 0) is 43.7 Å². The number of aromatic nitrogens is 3. The Hall–Kier alpha value is -2.51. The van der Waals surface area contributed by atoms with Gasteiger partial charge in [-0.1, -0.05) is 30.3 Å². The van der Waals surface area contributed by atoms with Crippen molar-refractivity contribution in [3.05, 3.63) is 69.4 Å². The maximum Gasteiger partial charge on any atom is 0.272 e. The van der Waals surface area contributed by atoms with E-state index in [2.05, 4.69) is 50.2 Å². The van der Waals surface area contributed by atoms with Gasteiger partial charge in [-0.3, -0.25) is 14.4 Å². The maximum absolute atomic E-state index is 13.0. The van der Waals surface area contributed by atoms with Crippen LogP contribution in [0.1, 0.15) is 51.6 Å². The zero-order valence-corrected chi connectivity index (χ0v) is 18.6. The van der Waals surface area contributed by atoms with Crippen LogP contribution in [0.15, 0.2) is 41.9 Å². The normalized spacial score (nSPS) is 16.3. The molecule has 0 saturated heterocycles. The molecule has 0 spiro atoms. The van der Waals surface area contributed by atoms with Crippen LogP contribution in [0.4, 0.5) is 0 Å². The first kappa shape index (κ1) is 20.4. The Morgan fingerprint density at radius 1 is 1.23 bits per heavy atom. The summed E-state index contributed by atoms with van der Waals surface area (Å²) in [6, 6.07) is 10.7. The van der Waals surface area contributed by atoms with Gasteiger partial charge >= 0.3 is 0 Å². The number of hydrogen-bond acceptors (Lipinski definition) is 5. The molecule has 1 aromatic carbocycles. The van der Waals surface area contributed by atoms with Gasteiger partial charge in [0.2, 0.25) is 0 Å². The molecule has 6 nitrogen and oxygen atoms in total. The predicted octanol–water partition coefficient (Wildman–Crippen LogP) is 3.67. The number of nitrogens with one attached hydrogen (secondary N) is 1. The number of aryl methyl sites for hydroxylation is 1. The SMILES string of the molecule is O=C(NCc1nccs1)c1nn(CC2CC2)c2c1CN(CCCc1ccccc1)CC2. The Morgan fingerprint density at radius 2 is 2.10 bits per heavy atom. The van der Waals surface area contributed by atoms with E-state index in [-0.39, 0.29) is 5.91 Å². The second kappa shape index (κ2) is 9.32. The molecule has 1 aliphatic carbocycles. The van der Waals surface area contributed by atoms with Gasteiger partial charge < -0.3 is 5.32 Å². The fraction of sp³-hybridized carbons (Fsp3) is 0.458. The summed E-state index contributed by atoms with van der Waals surface area (Å²) in [5.74, 6) is 0.659. The van der Waals surface area contributed by atoms with Crippen molar-refractivity contribution in [1.82, 2.24) is 25.0 Å². The first-order valence-electron chi connectivity index (χ1n) is 11.3. The number of thiazole rings is 1. The molecular weight excluding hydrogens is 406 g/mol. The van der Waals surface area contributed by atoms with Crippen molar-refractivity contribution < 1.29 is 4.79 Å². The molecule has 7 heteroatoms. The number of carbonyl (C=O) groups is 1. The quantitative estimate of drug-likeness (QED) is 0.557. The van der Waals surface area contributed by atoms with Crippen molar-refractivity contribution in [3.8, 4) is 0 Å². The minimum Gasteiger partial charge on any atom is -0.344 e. The fourth-order valence-electron chi connectivity index (χ4n) is 4.35. The highest BCUT2D eigenvalue weighted by atomic mass is 32.1. The largest absolute Gasteiger partial charge is 0.344 e. The first-order valence-corrected chi connectivity index (χ1v) is 12.2. The molecule has 31 heavy (non-hydrogen) atoms. The third-order valence-corrected chi connectivity index (χ3v) is 7.00. The lowest BCUT2D eigenvalue weighted by atomic mass is 10.0. The Balaban J connectivity index is 1.26. The molecule has 162 valence electrons. The summed E-state index contributed by atoms with van der Waals surface area (Å²) in [5, 5.41) is 10.7. The van der Waals surface area contributed by atoms with Gasteiger partial charge in [-0.25, -0.2) is 4.98 Å². The van der Waals surface area contributed by atoms with Gasteiger partial charge in [0.25, 0.3) is 5.91 Å². The monoisotopic (exact) mass is 435 g/mol. The summed E-state index contributed by atoms with van der Waals surface area (Å²) < 4.78 is 2.13. The molecule has 1 saturated carbocycles. The Kier molecular flexibility index (Phi) is 6.13. The molecule has 0 radical (unpaired) electrons. The molecule has 5 rings (SSSR count). The van der Waals surface area contributed by atoms with Crippen molar-refractivity contribution in [3.63, 3.8) is 0 Å². The van der Waals surface area contributed by atoms with Crippen LogP contribution in [0.25, 0.3) is 0 Å². The number of hydrogen-bond donors (Lipinski definition) is 1. The van der Waals surface area contributed by atoms with E-state index in [9.17, 15) is 4.79 Å². The molecule has 1 N–H and O–H groups in total. The molecule has 2 aliphatic rings. The van der Waals surface area contributed by atoms with Crippen molar-refractivity contribution in [2.75, 3.05) is 13.1 Å². The number of nitrogens with zero attached hydrogens (tertiary/aromatic N) is 4. The van der Waals surface area contributed by atoms with E-state index < -0.39 is 0 Å². The summed E-state index contributed by atoms with van der Waals surface area (Å²) in [7, 11) is 0. The zero-order chi connectivity index (χ0) is 21.0. The van der Waals surface area contributed by atoms with Crippen molar-refractivity contribution >= 4 is 17.2 Å². The van der Waals surface area contributed by atoms with Crippen LogP contribution in [0, 0.1) is 5.92 Å².